The molecule has 0 bridgehead atoms. The maximum Gasteiger partial charge on any atom is 0.261 e. The summed E-state index contributed by atoms with van der Waals surface area (Å²) in [5.74, 6) is 1.02. The van der Waals surface area contributed by atoms with Crippen LogP contribution in [0, 0.1) is 6.92 Å². The van der Waals surface area contributed by atoms with Crippen LogP contribution in [0.3, 0.4) is 0 Å². The number of hydrogen-bond acceptors (Lipinski definition) is 5. The molecule has 0 aliphatic heterocycles. The van der Waals surface area contributed by atoms with Crippen molar-refractivity contribution in [3.8, 4) is 11.5 Å². The highest BCUT2D eigenvalue weighted by Crippen LogP contribution is 2.36. The number of carbonyl (C=O) groups excluding carboxylic acids is 1. The molecule has 0 saturated heterocycles. The third-order valence-electron chi connectivity index (χ3n) is 3.22. The van der Waals surface area contributed by atoms with E-state index >= 15 is 0 Å². The SMILES string of the molecule is CCc1noc(C)c1C(=O)Nc1cc(OC)c(Cl)cc1OC. The van der Waals surface area contributed by atoms with Crippen molar-refractivity contribution in [1.29, 1.82) is 0 Å². The summed E-state index contributed by atoms with van der Waals surface area (Å²) in [5.41, 5.74) is 1.49. The Kier molecular flexibility index (Phi) is 4.92. The fourth-order valence-corrected chi connectivity index (χ4v) is 2.32. The van der Waals surface area contributed by atoms with E-state index in [1.807, 2.05) is 6.92 Å². The highest BCUT2D eigenvalue weighted by molar-refractivity contribution is 6.32. The first-order valence-corrected chi connectivity index (χ1v) is 7.07. The third kappa shape index (κ3) is 3.01. The zero-order valence-electron chi connectivity index (χ0n) is 12.8. The number of amides is 1. The minimum Gasteiger partial charge on any atom is -0.495 e. The van der Waals surface area contributed by atoms with E-state index in [1.165, 1.54) is 14.2 Å². The van der Waals surface area contributed by atoms with Crippen LogP contribution in [0.4, 0.5) is 5.69 Å². The monoisotopic (exact) mass is 324 g/mol. The highest BCUT2D eigenvalue weighted by atomic mass is 35.5. The largest absolute Gasteiger partial charge is 0.495 e. The zero-order valence-corrected chi connectivity index (χ0v) is 13.6. The van der Waals surface area contributed by atoms with Gasteiger partial charge in [0.15, 0.2) is 0 Å². The van der Waals surface area contributed by atoms with E-state index in [-0.39, 0.29) is 5.91 Å². The fourth-order valence-electron chi connectivity index (χ4n) is 2.09. The molecule has 2 rings (SSSR count). The van der Waals surface area contributed by atoms with Crippen LogP contribution in [-0.4, -0.2) is 25.3 Å². The van der Waals surface area contributed by atoms with Gasteiger partial charge in [-0.25, -0.2) is 0 Å². The molecular formula is C15H17ClN2O4. The number of nitrogens with zero attached hydrogens (tertiary/aromatic N) is 1. The summed E-state index contributed by atoms with van der Waals surface area (Å²) in [5, 5.41) is 7.05. The van der Waals surface area contributed by atoms with Crippen LogP contribution in [-0.2, 0) is 6.42 Å². The van der Waals surface area contributed by atoms with E-state index in [0.717, 1.165) is 0 Å². The molecule has 1 amide bonds. The molecule has 0 saturated carbocycles. The summed E-state index contributed by atoms with van der Waals surface area (Å²) in [6.07, 6.45) is 0.598. The van der Waals surface area contributed by atoms with E-state index in [9.17, 15) is 4.79 Å². The molecule has 1 aromatic carbocycles. The number of carbonyl (C=O) groups is 1. The Morgan fingerprint density at radius 2 is 2.00 bits per heavy atom. The average Bonchev–Trinajstić information content (AvgIpc) is 2.89. The Morgan fingerprint density at radius 1 is 1.32 bits per heavy atom. The molecule has 1 aromatic heterocycles. The van der Waals surface area contributed by atoms with E-state index in [2.05, 4.69) is 10.5 Å². The molecule has 0 atom stereocenters. The first-order chi connectivity index (χ1) is 10.5. The smallest absolute Gasteiger partial charge is 0.261 e. The van der Waals surface area contributed by atoms with Crippen molar-refractivity contribution in [1.82, 2.24) is 5.16 Å². The van der Waals surface area contributed by atoms with Crippen LogP contribution in [0.2, 0.25) is 5.02 Å². The number of hydrogen-bond donors (Lipinski definition) is 1. The van der Waals surface area contributed by atoms with Gasteiger partial charge in [0, 0.05) is 12.1 Å². The van der Waals surface area contributed by atoms with Gasteiger partial charge in [-0.05, 0) is 13.3 Å². The number of aromatic nitrogens is 1. The molecular weight excluding hydrogens is 308 g/mol. The highest BCUT2D eigenvalue weighted by Gasteiger charge is 2.21. The summed E-state index contributed by atoms with van der Waals surface area (Å²) in [6, 6.07) is 3.19. The van der Waals surface area contributed by atoms with Crippen LogP contribution >= 0.6 is 11.6 Å². The summed E-state index contributed by atoms with van der Waals surface area (Å²) < 4.78 is 15.5. The lowest BCUT2D eigenvalue weighted by molar-refractivity contribution is 0.102. The molecule has 6 nitrogen and oxygen atoms in total. The molecule has 0 fully saturated rings. The van der Waals surface area contributed by atoms with Crippen molar-refractivity contribution in [2.75, 3.05) is 19.5 Å². The number of methoxy groups -OCH3 is 2. The predicted molar refractivity (Wildman–Crippen MR) is 83.1 cm³/mol. The number of rotatable bonds is 5. The molecule has 0 aliphatic carbocycles. The third-order valence-corrected chi connectivity index (χ3v) is 3.51. The predicted octanol–water partition coefficient (Wildman–Crippen LogP) is 3.47. The van der Waals surface area contributed by atoms with Crippen LogP contribution in [0.1, 0.15) is 28.7 Å². The molecule has 0 spiro atoms. The zero-order chi connectivity index (χ0) is 16.3. The Morgan fingerprint density at radius 3 is 2.59 bits per heavy atom. The summed E-state index contributed by atoms with van der Waals surface area (Å²) in [6.45, 7) is 3.60. The van der Waals surface area contributed by atoms with Gasteiger partial charge < -0.3 is 19.3 Å². The van der Waals surface area contributed by atoms with E-state index in [0.29, 0.717) is 45.6 Å². The summed E-state index contributed by atoms with van der Waals surface area (Å²) >= 11 is 6.05. The number of halogens is 1. The van der Waals surface area contributed by atoms with Gasteiger partial charge >= 0.3 is 0 Å². The maximum atomic E-state index is 12.5. The van der Waals surface area contributed by atoms with Crippen molar-refractivity contribution in [3.05, 3.63) is 34.2 Å². The van der Waals surface area contributed by atoms with Crippen molar-refractivity contribution in [2.45, 2.75) is 20.3 Å². The second-order valence-electron chi connectivity index (χ2n) is 4.56. The van der Waals surface area contributed by atoms with Gasteiger partial charge in [-0.15, -0.1) is 0 Å². The van der Waals surface area contributed by atoms with Crippen LogP contribution in [0.5, 0.6) is 11.5 Å². The van der Waals surface area contributed by atoms with E-state index < -0.39 is 0 Å². The molecule has 2 aromatic rings. The second-order valence-corrected chi connectivity index (χ2v) is 4.96. The lowest BCUT2D eigenvalue weighted by Crippen LogP contribution is -2.15. The molecule has 22 heavy (non-hydrogen) atoms. The second kappa shape index (κ2) is 6.70. The molecule has 1 N–H and O–H groups in total. The number of ether oxygens (including phenoxy) is 2. The lowest BCUT2D eigenvalue weighted by Gasteiger charge is -2.13. The van der Waals surface area contributed by atoms with Crippen molar-refractivity contribution >= 4 is 23.2 Å². The van der Waals surface area contributed by atoms with E-state index in [1.54, 1.807) is 19.1 Å². The molecule has 7 heteroatoms. The standard InChI is InChI=1S/C15H17ClN2O4/c1-5-10-14(8(2)22-18-10)15(19)17-11-7-12(20-3)9(16)6-13(11)21-4/h6-7H,5H2,1-4H3,(H,17,19). The van der Waals surface area contributed by atoms with Gasteiger partial charge in [0.1, 0.15) is 22.8 Å². The van der Waals surface area contributed by atoms with Gasteiger partial charge in [0.25, 0.3) is 5.91 Å². The van der Waals surface area contributed by atoms with Crippen molar-refractivity contribution < 1.29 is 18.8 Å². The minimum absolute atomic E-state index is 0.321. The maximum absolute atomic E-state index is 12.5. The number of aryl methyl sites for hydroxylation is 2. The van der Waals surface area contributed by atoms with Crippen molar-refractivity contribution in [2.24, 2.45) is 0 Å². The van der Waals surface area contributed by atoms with Gasteiger partial charge in [0.2, 0.25) is 0 Å². The molecule has 0 aliphatic rings. The summed E-state index contributed by atoms with van der Waals surface area (Å²) in [4.78, 5) is 12.5. The quantitative estimate of drug-likeness (QED) is 0.911. The van der Waals surface area contributed by atoms with Crippen LogP contribution in [0.15, 0.2) is 16.7 Å². The Hall–Kier alpha value is -2.21. The molecule has 0 radical (unpaired) electrons. The number of benzene rings is 1. The molecule has 118 valence electrons. The average molecular weight is 325 g/mol. The van der Waals surface area contributed by atoms with Crippen LogP contribution < -0.4 is 14.8 Å². The lowest BCUT2D eigenvalue weighted by atomic mass is 10.1. The van der Waals surface area contributed by atoms with Gasteiger partial charge in [0.05, 0.1) is 30.6 Å². The molecule has 1 heterocycles. The summed E-state index contributed by atoms with van der Waals surface area (Å²) in [7, 11) is 2.99. The Labute approximate surface area is 133 Å². The van der Waals surface area contributed by atoms with Gasteiger partial charge in [-0.1, -0.05) is 23.7 Å². The first kappa shape index (κ1) is 16.2. The normalized spacial score (nSPS) is 10.4. The first-order valence-electron chi connectivity index (χ1n) is 6.69. The van der Waals surface area contributed by atoms with Gasteiger partial charge in [-0.2, -0.15) is 0 Å². The fraction of sp³-hybridized carbons (Fsp3) is 0.333. The Balaban J connectivity index is 2.37. The molecule has 0 unspecified atom stereocenters. The van der Waals surface area contributed by atoms with E-state index in [4.69, 9.17) is 25.6 Å². The number of anilines is 1. The van der Waals surface area contributed by atoms with Crippen molar-refractivity contribution in [3.63, 3.8) is 0 Å². The van der Waals surface area contributed by atoms with Crippen LogP contribution in [0.25, 0.3) is 0 Å². The topological polar surface area (TPSA) is 73.6 Å². The Bertz CT molecular complexity index is 697. The van der Waals surface area contributed by atoms with Gasteiger partial charge in [-0.3, -0.25) is 4.79 Å². The number of nitrogens with one attached hydrogen (secondary N) is 1. The minimum atomic E-state index is -0.321.